The number of carbonyl (C=O) groups excluding carboxylic acids is 1. The Balaban J connectivity index is 1.90. The number of nitrogens with zero attached hydrogens (tertiary/aromatic N) is 1. The number of rotatable bonds is 7. The van der Waals surface area contributed by atoms with Crippen LogP contribution in [0, 0.1) is 5.92 Å². The molecule has 0 aromatic carbocycles. The van der Waals surface area contributed by atoms with E-state index in [0.29, 0.717) is 11.6 Å². The molecule has 1 unspecified atom stereocenters. The Kier molecular flexibility index (Phi) is 4.58. The molecule has 0 radical (unpaired) electrons. The van der Waals surface area contributed by atoms with Crippen molar-refractivity contribution < 1.29 is 14.4 Å². The molecule has 1 aromatic rings. The van der Waals surface area contributed by atoms with Gasteiger partial charge in [-0.3, -0.25) is 4.79 Å². The van der Waals surface area contributed by atoms with E-state index in [1.54, 1.807) is 6.07 Å². The van der Waals surface area contributed by atoms with Crippen LogP contribution in [0.5, 0.6) is 0 Å². The third-order valence-corrected chi connectivity index (χ3v) is 3.57. The number of amides is 1. The van der Waals surface area contributed by atoms with Crippen LogP contribution in [0.2, 0.25) is 0 Å². The van der Waals surface area contributed by atoms with Crippen LogP contribution < -0.4 is 5.32 Å². The van der Waals surface area contributed by atoms with Crippen LogP contribution in [0.25, 0.3) is 0 Å². The second kappa shape index (κ2) is 6.19. The fraction of sp³-hybridized carbons (Fsp3) is 0.714. The van der Waals surface area contributed by atoms with Gasteiger partial charge in [-0.2, -0.15) is 0 Å². The molecule has 1 amide bonds. The van der Waals surface area contributed by atoms with Crippen molar-refractivity contribution in [3.63, 3.8) is 0 Å². The molecular formula is C14H22N2O3. The Labute approximate surface area is 113 Å². The summed E-state index contributed by atoms with van der Waals surface area (Å²) in [6.45, 7) is 4.13. The van der Waals surface area contributed by atoms with Crippen LogP contribution in [-0.4, -0.2) is 28.8 Å². The van der Waals surface area contributed by atoms with Crippen LogP contribution in [0.3, 0.4) is 0 Å². The smallest absolute Gasteiger partial charge is 0.273 e. The molecule has 2 N–H and O–H groups in total. The van der Waals surface area contributed by atoms with E-state index >= 15 is 0 Å². The van der Waals surface area contributed by atoms with Crippen LogP contribution in [0.4, 0.5) is 0 Å². The van der Waals surface area contributed by atoms with Gasteiger partial charge in [0.25, 0.3) is 5.91 Å². The van der Waals surface area contributed by atoms with Crippen LogP contribution >= 0.6 is 0 Å². The van der Waals surface area contributed by atoms with Gasteiger partial charge in [0, 0.05) is 24.6 Å². The number of aromatic nitrogens is 1. The van der Waals surface area contributed by atoms with E-state index in [4.69, 9.17) is 9.63 Å². The largest absolute Gasteiger partial charge is 0.396 e. The zero-order chi connectivity index (χ0) is 13.8. The van der Waals surface area contributed by atoms with E-state index in [1.807, 2.05) is 13.8 Å². The van der Waals surface area contributed by atoms with Crippen molar-refractivity contribution in [2.24, 2.45) is 5.92 Å². The second-order valence-corrected chi connectivity index (χ2v) is 5.49. The predicted molar refractivity (Wildman–Crippen MR) is 70.9 cm³/mol. The summed E-state index contributed by atoms with van der Waals surface area (Å²) in [5, 5.41) is 15.8. The minimum absolute atomic E-state index is 0.0655. The number of aliphatic hydroxyl groups is 1. The first-order valence-corrected chi connectivity index (χ1v) is 7.02. The van der Waals surface area contributed by atoms with E-state index in [9.17, 15) is 4.79 Å². The molecule has 19 heavy (non-hydrogen) atoms. The summed E-state index contributed by atoms with van der Waals surface area (Å²) in [5.74, 6) is 1.28. The van der Waals surface area contributed by atoms with Crippen molar-refractivity contribution in [3.05, 3.63) is 17.5 Å². The Morgan fingerprint density at radius 3 is 2.95 bits per heavy atom. The van der Waals surface area contributed by atoms with E-state index in [0.717, 1.165) is 31.4 Å². The van der Waals surface area contributed by atoms with E-state index in [-0.39, 0.29) is 24.5 Å². The molecule has 5 nitrogen and oxygen atoms in total. The standard InChI is InChI=1S/C14H22N2O3/c1-3-11(6-9(2)8-17)15-14(18)12-7-13(19-16-12)10-4-5-10/h7,9-11,17H,3-6,8H2,1-2H3,(H,15,18)/t9-,11?/m0/s1. The van der Waals surface area contributed by atoms with Crippen molar-refractivity contribution in [2.45, 2.75) is 51.5 Å². The summed E-state index contributed by atoms with van der Waals surface area (Å²) in [5.41, 5.74) is 0.358. The molecule has 0 bridgehead atoms. The van der Waals surface area contributed by atoms with Gasteiger partial charge < -0.3 is 14.9 Å². The van der Waals surface area contributed by atoms with E-state index < -0.39 is 0 Å². The molecule has 1 aliphatic rings. The van der Waals surface area contributed by atoms with Gasteiger partial charge in [0.15, 0.2) is 5.69 Å². The summed E-state index contributed by atoms with van der Waals surface area (Å²) in [7, 11) is 0. The molecule has 0 saturated heterocycles. The lowest BCUT2D eigenvalue weighted by Gasteiger charge is -2.19. The summed E-state index contributed by atoms with van der Waals surface area (Å²) in [4.78, 5) is 12.0. The minimum Gasteiger partial charge on any atom is -0.396 e. The summed E-state index contributed by atoms with van der Waals surface area (Å²) >= 11 is 0. The quantitative estimate of drug-likeness (QED) is 0.792. The Hall–Kier alpha value is -1.36. The van der Waals surface area contributed by atoms with Gasteiger partial charge in [-0.1, -0.05) is 19.0 Å². The second-order valence-electron chi connectivity index (χ2n) is 5.49. The van der Waals surface area contributed by atoms with Crippen LogP contribution in [0.15, 0.2) is 10.6 Å². The van der Waals surface area contributed by atoms with Crippen molar-refractivity contribution in [1.82, 2.24) is 10.5 Å². The molecule has 2 rings (SSSR count). The third kappa shape index (κ3) is 3.80. The number of carbonyl (C=O) groups is 1. The molecule has 1 aliphatic carbocycles. The maximum absolute atomic E-state index is 12.0. The first-order chi connectivity index (χ1) is 9.13. The zero-order valence-corrected chi connectivity index (χ0v) is 11.6. The van der Waals surface area contributed by atoms with Gasteiger partial charge in [0.2, 0.25) is 0 Å². The van der Waals surface area contributed by atoms with Gasteiger partial charge in [0.1, 0.15) is 5.76 Å². The van der Waals surface area contributed by atoms with Crippen molar-refractivity contribution in [2.75, 3.05) is 6.61 Å². The molecule has 106 valence electrons. The molecule has 1 heterocycles. The SMILES string of the molecule is CCC(C[C@H](C)CO)NC(=O)c1cc(C2CC2)on1. The lowest BCUT2D eigenvalue weighted by Crippen LogP contribution is -2.36. The van der Waals surface area contributed by atoms with Gasteiger partial charge in [-0.25, -0.2) is 0 Å². The molecule has 5 heteroatoms. The highest BCUT2D eigenvalue weighted by Gasteiger charge is 2.29. The fourth-order valence-electron chi connectivity index (χ4n) is 2.10. The number of aliphatic hydroxyl groups excluding tert-OH is 1. The molecule has 1 saturated carbocycles. The van der Waals surface area contributed by atoms with Gasteiger partial charge in [-0.05, 0) is 31.6 Å². The maximum Gasteiger partial charge on any atom is 0.273 e. The molecule has 1 fully saturated rings. The molecule has 0 spiro atoms. The first kappa shape index (κ1) is 14.1. The molecular weight excluding hydrogens is 244 g/mol. The Bertz CT molecular complexity index is 426. The Morgan fingerprint density at radius 1 is 1.63 bits per heavy atom. The highest BCUT2D eigenvalue weighted by atomic mass is 16.5. The van der Waals surface area contributed by atoms with Crippen LogP contribution in [0.1, 0.15) is 61.7 Å². The highest BCUT2D eigenvalue weighted by molar-refractivity contribution is 5.92. The maximum atomic E-state index is 12.0. The zero-order valence-electron chi connectivity index (χ0n) is 11.6. The average molecular weight is 266 g/mol. The number of hydrogen-bond donors (Lipinski definition) is 2. The molecule has 2 atom stereocenters. The van der Waals surface area contributed by atoms with Gasteiger partial charge in [0.05, 0.1) is 0 Å². The monoisotopic (exact) mass is 266 g/mol. The average Bonchev–Trinajstić information content (AvgIpc) is 3.15. The van der Waals surface area contributed by atoms with Crippen molar-refractivity contribution >= 4 is 5.91 Å². The highest BCUT2D eigenvalue weighted by Crippen LogP contribution is 2.40. The van der Waals surface area contributed by atoms with E-state index in [2.05, 4.69) is 10.5 Å². The third-order valence-electron chi connectivity index (χ3n) is 3.57. The predicted octanol–water partition coefficient (Wildman–Crippen LogP) is 2.08. The number of nitrogens with one attached hydrogen (secondary N) is 1. The lowest BCUT2D eigenvalue weighted by molar-refractivity contribution is 0.0916. The first-order valence-electron chi connectivity index (χ1n) is 7.02. The van der Waals surface area contributed by atoms with Crippen molar-refractivity contribution in [3.8, 4) is 0 Å². The van der Waals surface area contributed by atoms with Gasteiger partial charge >= 0.3 is 0 Å². The van der Waals surface area contributed by atoms with E-state index in [1.165, 1.54) is 0 Å². The minimum atomic E-state index is -0.187. The lowest BCUT2D eigenvalue weighted by atomic mass is 10.0. The van der Waals surface area contributed by atoms with Crippen LogP contribution in [-0.2, 0) is 0 Å². The summed E-state index contributed by atoms with van der Waals surface area (Å²) in [6.07, 6.45) is 3.86. The summed E-state index contributed by atoms with van der Waals surface area (Å²) in [6, 6.07) is 1.81. The summed E-state index contributed by atoms with van der Waals surface area (Å²) < 4.78 is 5.18. The topological polar surface area (TPSA) is 75.4 Å². The fourth-order valence-corrected chi connectivity index (χ4v) is 2.10. The number of hydrogen-bond acceptors (Lipinski definition) is 4. The molecule has 0 aliphatic heterocycles. The Morgan fingerprint density at radius 2 is 2.37 bits per heavy atom. The van der Waals surface area contributed by atoms with Crippen molar-refractivity contribution in [1.29, 1.82) is 0 Å². The van der Waals surface area contributed by atoms with Gasteiger partial charge in [-0.15, -0.1) is 0 Å². The normalized spacial score (nSPS) is 18.1. The molecule has 1 aromatic heterocycles.